The maximum Gasteiger partial charge on any atom is 0.339 e. The van der Waals surface area contributed by atoms with Crippen LogP contribution in [0.5, 0.6) is 0 Å². The number of rotatable bonds is 9. The Morgan fingerprint density at radius 3 is 2.14 bits per heavy atom. The van der Waals surface area contributed by atoms with Gasteiger partial charge in [0, 0.05) is 5.56 Å². The van der Waals surface area contributed by atoms with Gasteiger partial charge in [0.2, 0.25) is 0 Å². The van der Waals surface area contributed by atoms with Gasteiger partial charge in [0.05, 0.1) is 0 Å². The van der Waals surface area contributed by atoms with Gasteiger partial charge in [-0.15, -0.1) is 0 Å². The van der Waals surface area contributed by atoms with E-state index in [2.05, 4.69) is 40.7 Å². The highest BCUT2D eigenvalue weighted by Crippen LogP contribution is 2.27. The van der Waals surface area contributed by atoms with Crippen molar-refractivity contribution in [3.05, 3.63) is 38.9 Å². The molecule has 0 N–H and O–H groups in total. The highest BCUT2D eigenvalue weighted by Gasteiger charge is 2.14. The zero-order chi connectivity index (χ0) is 16.5. The van der Waals surface area contributed by atoms with Gasteiger partial charge in [0.25, 0.3) is 0 Å². The molecule has 0 fully saturated rings. The molecular formula is C20H32O2. The quantitative estimate of drug-likeness (QED) is 0.567. The van der Waals surface area contributed by atoms with E-state index in [1.807, 2.05) is 0 Å². The first-order valence-electron chi connectivity index (χ1n) is 8.93. The van der Waals surface area contributed by atoms with Crippen molar-refractivity contribution < 1.29 is 4.42 Å². The van der Waals surface area contributed by atoms with Crippen LogP contribution in [0.1, 0.15) is 90.0 Å². The predicted molar refractivity (Wildman–Crippen MR) is 95.4 cm³/mol. The van der Waals surface area contributed by atoms with Crippen LogP contribution >= 0.6 is 0 Å². The van der Waals surface area contributed by atoms with E-state index in [4.69, 9.17) is 4.42 Å². The Labute approximate surface area is 135 Å². The molecule has 1 aromatic rings. The second kappa shape index (κ2) is 9.66. The first-order chi connectivity index (χ1) is 10.6. The Hall–Kier alpha value is -1.31. The Morgan fingerprint density at radius 1 is 0.955 bits per heavy atom. The number of hydrogen-bond donors (Lipinski definition) is 0. The summed E-state index contributed by atoms with van der Waals surface area (Å²) in [5, 5.41) is 0. The van der Waals surface area contributed by atoms with Crippen molar-refractivity contribution in [1.29, 1.82) is 0 Å². The molecule has 124 valence electrons. The molecular weight excluding hydrogens is 272 g/mol. The highest BCUT2D eigenvalue weighted by atomic mass is 16.4. The molecule has 0 aromatic carbocycles. The Bertz CT molecular complexity index is 549. The molecule has 22 heavy (non-hydrogen) atoms. The van der Waals surface area contributed by atoms with Crippen molar-refractivity contribution in [2.24, 2.45) is 0 Å². The lowest BCUT2D eigenvalue weighted by Crippen LogP contribution is -2.13. The van der Waals surface area contributed by atoms with Crippen LogP contribution in [0, 0.1) is 0 Å². The lowest BCUT2D eigenvalue weighted by atomic mass is 9.95. The molecule has 0 aliphatic rings. The normalized spacial score (nSPS) is 12.4. The van der Waals surface area contributed by atoms with Crippen LogP contribution in [-0.2, 0) is 12.8 Å². The van der Waals surface area contributed by atoms with E-state index in [1.165, 1.54) is 16.7 Å². The third-order valence-corrected chi connectivity index (χ3v) is 4.10. The molecule has 0 atom stereocenters. The summed E-state index contributed by atoms with van der Waals surface area (Å²) in [6, 6.07) is 2.14. The lowest BCUT2D eigenvalue weighted by Gasteiger charge is -2.14. The average molecular weight is 304 g/mol. The lowest BCUT2D eigenvalue weighted by molar-refractivity contribution is 0.481. The van der Waals surface area contributed by atoms with Crippen LogP contribution in [0.2, 0.25) is 0 Å². The van der Waals surface area contributed by atoms with E-state index in [1.54, 1.807) is 0 Å². The van der Waals surface area contributed by atoms with Gasteiger partial charge in [-0.1, -0.05) is 59.0 Å². The molecule has 2 nitrogen and oxygen atoms in total. The van der Waals surface area contributed by atoms with Crippen molar-refractivity contribution in [2.45, 2.75) is 86.0 Å². The van der Waals surface area contributed by atoms with Crippen molar-refractivity contribution in [2.75, 3.05) is 0 Å². The predicted octanol–water partition coefficient (Wildman–Crippen LogP) is 5.92. The molecule has 0 unspecified atom stereocenters. The first-order valence-corrected chi connectivity index (χ1v) is 8.93. The summed E-state index contributed by atoms with van der Waals surface area (Å²) in [4.78, 5) is 12.4. The van der Waals surface area contributed by atoms with Crippen LogP contribution in [-0.4, -0.2) is 0 Å². The molecule has 0 amide bonds. The van der Waals surface area contributed by atoms with E-state index in [9.17, 15) is 4.79 Å². The second-order valence-electron chi connectivity index (χ2n) is 6.16. The molecule has 0 radical (unpaired) electrons. The summed E-state index contributed by atoms with van der Waals surface area (Å²) >= 11 is 0. The van der Waals surface area contributed by atoms with Crippen molar-refractivity contribution in [1.82, 2.24) is 0 Å². The van der Waals surface area contributed by atoms with Crippen molar-refractivity contribution in [3.63, 3.8) is 0 Å². The molecule has 2 heteroatoms. The molecule has 1 rings (SSSR count). The molecule has 0 aliphatic heterocycles. The minimum Gasteiger partial charge on any atom is -0.423 e. The van der Waals surface area contributed by atoms with Crippen molar-refractivity contribution in [3.8, 4) is 0 Å². The van der Waals surface area contributed by atoms with Crippen LogP contribution < -0.4 is 5.63 Å². The van der Waals surface area contributed by atoms with Gasteiger partial charge in [-0.2, -0.15) is 0 Å². The van der Waals surface area contributed by atoms with E-state index in [0.29, 0.717) is 0 Å². The van der Waals surface area contributed by atoms with Crippen LogP contribution in [0.4, 0.5) is 0 Å². The van der Waals surface area contributed by atoms with Gasteiger partial charge in [0.1, 0.15) is 5.76 Å². The highest BCUT2D eigenvalue weighted by molar-refractivity contribution is 5.65. The Morgan fingerprint density at radius 2 is 1.59 bits per heavy atom. The van der Waals surface area contributed by atoms with E-state index in [0.717, 1.165) is 62.7 Å². The fourth-order valence-corrected chi connectivity index (χ4v) is 3.04. The topological polar surface area (TPSA) is 30.2 Å². The van der Waals surface area contributed by atoms with Gasteiger partial charge >= 0.3 is 5.63 Å². The minimum absolute atomic E-state index is 0.124. The average Bonchev–Trinajstić information content (AvgIpc) is 2.48. The summed E-state index contributed by atoms with van der Waals surface area (Å²) in [6.07, 6.45) is 8.05. The molecule has 0 spiro atoms. The summed E-state index contributed by atoms with van der Waals surface area (Å²) in [6.45, 7) is 10.8. The third kappa shape index (κ3) is 4.86. The van der Waals surface area contributed by atoms with Crippen LogP contribution in [0.25, 0.3) is 5.57 Å². The summed E-state index contributed by atoms with van der Waals surface area (Å²) in [5.74, 6) is 0.807. The minimum atomic E-state index is -0.124. The maximum atomic E-state index is 12.4. The molecule has 1 aromatic heterocycles. The van der Waals surface area contributed by atoms with E-state index >= 15 is 0 Å². The van der Waals surface area contributed by atoms with Gasteiger partial charge in [-0.3, -0.25) is 0 Å². The largest absolute Gasteiger partial charge is 0.423 e. The zero-order valence-corrected chi connectivity index (χ0v) is 15.1. The second-order valence-corrected chi connectivity index (χ2v) is 6.16. The monoisotopic (exact) mass is 304 g/mol. The summed E-state index contributed by atoms with van der Waals surface area (Å²) < 4.78 is 5.72. The fourth-order valence-electron chi connectivity index (χ4n) is 3.04. The number of aryl methyl sites for hydroxylation is 1. The third-order valence-electron chi connectivity index (χ3n) is 4.10. The molecule has 0 bridgehead atoms. The van der Waals surface area contributed by atoms with Gasteiger partial charge in [0.15, 0.2) is 0 Å². The van der Waals surface area contributed by atoms with Crippen LogP contribution in [0.3, 0.4) is 0 Å². The molecule has 0 aliphatic carbocycles. The standard InChI is InChI=1S/C20H32O2/c1-6-10-15(5)17(12-8-3)19-14-16(11-7-2)18(13-9-4)20(21)22-19/h14H,6-13H2,1-5H3/b17-15-. The zero-order valence-electron chi connectivity index (χ0n) is 15.1. The van der Waals surface area contributed by atoms with Crippen molar-refractivity contribution >= 4 is 5.57 Å². The van der Waals surface area contributed by atoms with E-state index in [-0.39, 0.29) is 5.63 Å². The maximum absolute atomic E-state index is 12.4. The molecule has 0 saturated carbocycles. The van der Waals surface area contributed by atoms with Crippen LogP contribution in [0.15, 0.2) is 20.9 Å². The van der Waals surface area contributed by atoms with E-state index < -0.39 is 0 Å². The fraction of sp³-hybridized carbons (Fsp3) is 0.650. The molecule has 0 saturated heterocycles. The SMILES string of the molecule is CCC/C(C)=C(/CCC)c1cc(CCC)c(CCC)c(=O)o1. The van der Waals surface area contributed by atoms with Gasteiger partial charge in [-0.05, 0) is 49.8 Å². The Balaban J connectivity index is 3.39. The smallest absolute Gasteiger partial charge is 0.339 e. The first kappa shape index (κ1) is 18.7. The summed E-state index contributed by atoms with van der Waals surface area (Å²) in [5.41, 5.74) is 4.55. The summed E-state index contributed by atoms with van der Waals surface area (Å²) in [7, 11) is 0. The van der Waals surface area contributed by atoms with Gasteiger partial charge in [-0.25, -0.2) is 4.79 Å². The van der Waals surface area contributed by atoms with Gasteiger partial charge < -0.3 is 4.42 Å². The molecule has 1 heterocycles. The number of hydrogen-bond acceptors (Lipinski definition) is 2. The number of allylic oxidation sites excluding steroid dienone is 2. The Kier molecular flexibility index (Phi) is 8.22.